The average Bonchev–Trinajstić information content (AvgIpc) is 2.41. The predicted octanol–water partition coefficient (Wildman–Crippen LogP) is 2.59. The summed E-state index contributed by atoms with van der Waals surface area (Å²) in [5, 5.41) is 5.63. The fourth-order valence-corrected chi connectivity index (χ4v) is 2.57. The van der Waals surface area contributed by atoms with Crippen molar-refractivity contribution in [3.63, 3.8) is 0 Å². The summed E-state index contributed by atoms with van der Waals surface area (Å²) in [6.45, 7) is 8.41. The van der Waals surface area contributed by atoms with Gasteiger partial charge in [-0.25, -0.2) is 4.79 Å². The highest BCUT2D eigenvalue weighted by molar-refractivity contribution is 5.93. The molecule has 0 saturated carbocycles. The van der Waals surface area contributed by atoms with Crippen LogP contribution in [0.1, 0.15) is 26.3 Å². The number of carbonyl (C=O) groups excluding carboxylic acids is 2. The van der Waals surface area contributed by atoms with Gasteiger partial charge in [0.2, 0.25) is 5.91 Å². The molecule has 0 radical (unpaired) electrons. The van der Waals surface area contributed by atoms with Crippen molar-refractivity contribution in [1.29, 1.82) is 0 Å². The van der Waals surface area contributed by atoms with Gasteiger partial charge in [-0.3, -0.25) is 4.79 Å². The third-order valence-electron chi connectivity index (χ3n) is 3.51. The van der Waals surface area contributed by atoms with E-state index in [-0.39, 0.29) is 24.1 Å². The zero-order valence-corrected chi connectivity index (χ0v) is 13.5. The number of urea groups is 1. The van der Waals surface area contributed by atoms with Crippen LogP contribution >= 0.6 is 0 Å². The van der Waals surface area contributed by atoms with Crippen LogP contribution in [0.25, 0.3) is 0 Å². The number of anilines is 2. The van der Waals surface area contributed by atoms with Gasteiger partial charge >= 0.3 is 6.03 Å². The van der Waals surface area contributed by atoms with Crippen LogP contribution in [0.2, 0.25) is 0 Å². The molecule has 0 unspecified atom stereocenters. The Hall–Kier alpha value is -2.08. The van der Waals surface area contributed by atoms with E-state index < -0.39 is 0 Å². The topological polar surface area (TPSA) is 70.7 Å². The van der Waals surface area contributed by atoms with Gasteiger partial charge in [-0.1, -0.05) is 6.07 Å². The molecule has 0 bridgehead atoms. The van der Waals surface area contributed by atoms with Crippen molar-refractivity contribution in [1.82, 2.24) is 4.90 Å². The standard InChI is InChI=1S/C16H23N3O3/c1-10-5-6-14(7-15(10)17-13(4)20)18-16(21)19-8-11(2)22-12(3)9-19/h5-7,11-12H,8-9H2,1-4H3,(H,17,20)(H,18,21)/t11-,12+. The highest BCUT2D eigenvalue weighted by Crippen LogP contribution is 2.21. The van der Waals surface area contributed by atoms with Crippen molar-refractivity contribution in [2.45, 2.75) is 39.9 Å². The first-order chi connectivity index (χ1) is 10.3. The van der Waals surface area contributed by atoms with Crippen molar-refractivity contribution in [2.24, 2.45) is 0 Å². The first-order valence-electron chi connectivity index (χ1n) is 7.44. The van der Waals surface area contributed by atoms with Crippen LogP contribution in [0.3, 0.4) is 0 Å². The van der Waals surface area contributed by atoms with Gasteiger partial charge in [0, 0.05) is 31.4 Å². The van der Waals surface area contributed by atoms with Gasteiger partial charge in [-0.05, 0) is 38.5 Å². The van der Waals surface area contributed by atoms with Crippen LogP contribution in [0, 0.1) is 6.92 Å². The van der Waals surface area contributed by atoms with Crippen LogP contribution in [-0.2, 0) is 9.53 Å². The van der Waals surface area contributed by atoms with E-state index in [2.05, 4.69) is 10.6 Å². The Balaban J connectivity index is 2.06. The molecule has 6 nitrogen and oxygen atoms in total. The number of morpholine rings is 1. The van der Waals surface area contributed by atoms with E-state index in [1.165, 1.54) is 6.92 Å². The van der Waals surface area contributed by atoms with E-state index >= 15 is 0 Å². The lowest BCUT2D eigenvalue weighted by Gasteiger charge is -2.35. The molecule has 0 aromatic heterocycles. The molecule has 3 amide bonds. The molecule has 1 aromatic rings. The molecule has 0 aliphatic carbocycles. The van der Waals surface area contributed by atoms with Crippen molar-refractivity contribution in [2.75, 3.05) is 23.7 Å². The second-order valence-corrected chi connectivity index (χ2v) is 5.80. The maximum Gasteiger partial charge on any atom is 0.322 e. The Bertz CT molecular complexity index is 564. The third-order valence-corrected chi connectivity index (χ3v) is 3.51. The van der Waals surface area contributed by atoms with Gasteiger partial charge in [0.25, 0.3) is 0 Å². The fourth-order valence-electron chi connectivity index (χ4n) is 2.57. The molecule has 22 heavy (non-hydrogen) atoms. The Labute approximate surface area is 130 Å². The van der Waals surface area contributed by atoms with Crippen molar-refractivity contribution in [3.8, 4) is 0 Å². The van der Waals surface area contributed by atoms with Gasteiger partial charge in [0.05, 0.1) is 12.2 Å². The summed E-state index contributed by atoms with van der Waals surface area (Å²) in [5.74, 6) is -0.137. The van der Waals surface area contributed by atoms with Crippen molar-refractivity contribution < 1.29 is 14.3 Å². The lowest BCUT2D eigenvalue weighted by molar-refractivity contribution is -0.114. The van der Waals surface area contributed by atoms with Gasteiger partial charge in [0.1, 0.15) is 0 Å². The molecule has 2 N–H and O–H groups in total. The zero-order valence-electron chi connectivity index (χ0n) is 13.5. The molecular weight excluding hydrogens is 282 g/mol. The van der Waals surface area contributed by atoms with E-state index in [0.717, 1.165) is 5.56 Å². The first-order valence-corrected chi connectivity index (χ1v) is 7.44. The number of nitrogens with zero attached hydrogens (tertiary/aromatic N) is 1. The summed E-state index contributed by atoms with van der Waals surface area (Å²) in [7, 11) is 0. The summed E-state index contributed by atoms with van der Waals surface area (Å²) < 4.78 is 5.63. The van der Waals surface area contributed by atoms with E-state index in [9.17, 15) is 9.59 Å². The average molecular weight is 305 g/mol. The molecule has 2 rings (SSSR count). The number of hydrogen-bond acceptors (Lipinski definition) is 3. The van der Waals surface area contributed by atoms with Gasteiger partial charge in [-0.15, -0.1) is 0 Å². The van der Waals surface area contributed by atoms with Crippen LogP contribution < -0.4 is 10.6 Å². The van der Waals surface area contributed by atoms with Crippen LogP contribution in [-0.4, -0.2) is 42.1 Å². The fraction of sp³-hybridized carbons (Fsp3) is 0.500. The zero-order chi connectivity index (χ0) is 16.3. The van der Waals surface area contributed by atoms with Crippen molar-refractivity contribution in [3.05, 3.63) is 23.8 Å². The molecule has 0 spiro atoms. The smallest absolute Gasteiger partial charge is 0.322 e. The van der Waals surface area contributed by atoms with Crippen LogP contribution in [0.4, 0.5) is 16.2 Å². The van der Waals surface area contributed by atoms with Crippen LogP contribution in [0.15, 0.2) is 18.2 Å². The predicted molar refractivity (Wildman–Crippen MR) is 86.1 cm³/mol. The molecule has 1 aliphatic rings. The highest BCUT2D eigenvalue weighted by atomic mass is 16.5. The lowest BCUT2D eigenvalue weighted by Crippen LogP contribution is -2.49. The quantitative estimate of drug-likeness (QED) is 0.882. The molecule has 1 aliphatic heterocycles. The Morgan fingerprint density at radius 1 is 1.18 bits per heavy atom. The minimum Gasteiger partial charge on any atom is -0.372 e. The largest absolute Gasteiger partial charge is 0.372 e. The van der Waals surface area contributed by atoms with E-state index in [0.29, 0.717) is 24.5 Å². The maximum absolute atomic E-state index is 12.3. The maximum atomic E-state index is 12.3. The SMILES string of the molecule is CC(=O)Nc1cc(NC(=O)N2C[C@@H](C)O[C@@H](C)C2)ccc1C. The van der Waals surface area contributed by atoms with Crippen LogP contribution in [0.5, 0.6) is 0 Å². The van der Waals surface area contributed by atoms with Crippen molar-refractivity contribution >= 4 is 23.3 Å². The number of benzene rings is 1. The molecule has 6 heteroatoms. The summed E-state index contributed by atoms with van der Waals surface area (Å²) in [6.07, 6.45) is 0.0601. The number of nitrogens with one attached hydrogen (secondary N) is 2. The highest BCUT2D eigenvalue weighted by Gasteiger charge is 2.25. The second kappa shape index (κ2) is 6.79. The second-order valence-electron chi connectivity index (χ2n) is 5.80. The number of ether oxygens (including phenoxy) is 1. The Morgan fingerprint density at radius 2 is 1.82 bits per heavy atom. The van der Waals surface area contributed by atoms with E-state index in [4.69, 9.17) is 4.74 Å². The number of rotatable bonds is 2. The van der Waals surface area contributed by atoms with Gasteiger partial charge in [-0.2, -0.15) is 0 Å². The monoisotopic (exact) mass is 305 g/mol. The molecule has 1 heterocycles. The normalized spacial score (nSPS) is 21.4. The number of amides is 3. The lowest BCUT2D eigenvalue weighted by atomic mass is 10.1. The summed E-state index contributed by atoms with van der Waals surface area (Å²) in [4.78, 5) is 25.3. The number of hydrogen-bond donors (Lipinski definition) is 2. The van der Waals surface area contributed by atoms with E-state index in [1.54, 1.807) is 11.0 Å². The molecule has 1 aromatic carbocycles. The third kappa shape index (κ3) is 4.21. The molecule has 2 atom stereocenters. The minimum absolute atomic E-state index is 0.0301. The molecule has 120 valence electrons. The summed E-state index contributed by atoms with van der Waals surface area (Å²) in [5.41, 5.74) is 2.31. The molecule has 1 saturated heterocycles. The van der Waals surface area contributed by atoms with Gasteiger partial charge in [0.15, 0.2) is 0 Å². The number of aryl methyl sites for hydroxylation is 1. The summed E-state index contributed by atoms with van der Waals surface area (Å²) in [6, 6.07) is 5.30. The first kappa shape index (κ1) is 16.3. The molecular formula is C16H23N3O3. The Morgan fingerprint density at radius 3 is 2.41 bits per heavy atom. The minimum atomic E-state index is -0.153. The number of carbonyl (C=O) groups is 2. The van der Waals surface area contributed by atoms with Gasteiger partial charge < -0.3 is 20.3 Å². The molecule has 1 fully saturated rings. The Kier molecular flexibility index (Phi) is 5.03. The van der Waals surface area contributed by atoms with E-state index in [1.807, 2.05) is 32.9 Å². The summed E-state index contributed by atoms with van der Waals surface area (Å²) >= 11 is 0.